The lowest BCUT2D eigenvalue weighted by molar-refractivity contribution is -0.287. The number of nitrogens with zero attached hydrogens (tertiary/aromatic N) is 2. The Balaban J connectivity index is 0.000000203. The van der Waals surface area contributed by atoms with E-state index in [4.69, 9.17) is 63.7 Å². The monoisotopic (exact) mass is 896 g/mol. The van der Waals surface area contributed by atoms with Gasteiger partial charge in [0.2, 0.25) is 11.1 Å². The minimum atomic E-state index is -3.70. The number of pyridine rings is 2. The molecule has 0 radical (unpaired) electrons. The molecule has 2 aliphatic heterocycles. The summed E-state index contributed by atoms with van der Waals surface area (Å²) in [6.07, 6.45) is 4.02. The predicted molar refractivity (Wildman–Crippen MR) is 213 cm³/mol. The van der Waals surface area contributed by atoms with E-state index in [0.717, 1.165) is 38.5 Å². The van der Waals surface area contributed by atoms with Crippen molar-refractivity contribution < 1.29 is 46.1 Å². The van der Waals surface area contributed by atoms with Crippen LogP contribution in [0.3, 0.4) is 0 Å². The zero-order valence-electron chi connectivity index (χ0n) is 29.1. The van der Waals surface area contributed by atoms with Gasteiger partial charge in [-0.3, -0.25) is 9.59 Å². The number of anilines is 2. The first kappa shape index (κ1) is 45.7. The van der Waals surface area contributed by atoms with E-state index in [0.29, 0.717) is 33.9 Å². The Morgan fingerprint density at radius 2 is 1.11 bits per heavy atom. The zero-order chi connectivity index (χ0) is 40.6. The highest BCUT2D eigenvalue weighted by molar-refractivity contribution is 6.64. The van der Waals surface area contributed by atoms with Gasteiger partial charge in [-0.05, 0) is 73.7 Å². The van der Waals surface area contributed by atoms with Crippen LogP contribution in [0.15, 0.2) is 60.9 Å². The van der Waals surface area contributed by atoms with E-state index in [2.05, 4.69) is 34.2 Å². The molecule has 2 saturated carbocycles. The zero-order valence-corrected chi connectivity index (χ0v) is 32.9. The van der Waals surface area contributed by atoms with Gasteiger partial charge >= 0.3 is 12.6 Å². The average molecular weight is 899 g/mol. The van der Waals surface area contributed by atoms with Gasteiger partial charge in [0.15, 0.2) is 23.0 Å². The summed E-state index contributed by atoms with van der Waals surface area (Å²) in [5.41, 5.74) is 7.72. The maximum atomic E-state index is 13.2. The summed E-state index contributed by atoms with van der Waals surface area (Å²) in [4.78, 5) is 30.7. The molecule has 8 rings (SSSR count). The minimum Gasteiger partial charge on any atom is -0.395 e. The second-order valence-corrected chi connectivity index (χ2v) is 14.6. The van der Waals surface area contributed by atoms with Crippen molar-refractivity contribution in [3.63, 3.8) is 0 Å². The van der Waals surface area contributed by atoms with Crippen molar-refractivity contribution in [1.29, 1.82) is 0 Å². The lowest BCUT2D eigenvalue weighted by Gasteiger charge is -2.10. The van der Waals surface area contributed by atoms with Crippen LogP contribution in [0.5, 0.6) is 23.0 Å². The molecule has 4 heterocycles. The van der Waals surface area contributed by atoms with Crippen molar-refractivity contribution in [3.8, 4) is 45.3 Å². The molecule has 10 nitrogen and oxygen atoms in total. The molecule has 0 spiro atoms. The van der Waals surface area contributed by atoms with Crippen LogP contribution in [-0.2, 0) is 9.59 Å². The summed E-state index contributed by atoms with van der Waals surface area (Å²) in [7, 11) is 0. The highest BCUT2D eigenvalue weighted by Crippen LogP contribution is 2.47. The topological polar surface area (TPSA) is 135 Å². The maximum absolute atomic E-state index is 13.2. The fraction of sp³-hybridized carbons (Fsp3) is 0.368. The van der Waals surface area contributed by atoms with Crippen LogP contribution in [0.25, 0.3) is 22.3 Å². The van der Waals surface area contributed by atoms with Gasteiger partial charge in [0, 0.05) is 58.6 Å². The SMILES string of the molecule is C.ClCCl.Nc1ccc(-c2cc3c(cc2Cl)OC(F)(F)O3)cn1.O=C(Cl)C1CCCC1.O=C(Nc1ccc(-c2cc3c(cc2Cl)OC(F)(F)O3)cn1)C1CCCC1. The number of nitrogen functional groups attached to an aromatic ring is 1. The predicted octanol–water partition coefficient (Wildman–Crippen LogP) is 12.2. The van der Waals surface area contributed by atoms with E-state index in [1.807, 2.05) is 0 Å². The average Bonchev–Trinajstić information content (AvgIpc) is 3.96. The van der Waals surface area contributed by atoms with Gasteiger partial charge in [-0.1, -0.05) is 56.3 Å². The number of hydrogen-bond donors (Lipinski definition) is 2. The first-order valence-corrected chi connectivity index (χ1v) is 19.3. The van der Waals surface area contributed by atoms with Gasteiger partial charge < -0.3 is 30.0 Å². The van der Waals surface area contributed by atoms with Crippen LogP contribution in [0, 0.1) is 11.8 Å². The standard InChI is InChI=1S/C18H15ClF2N2O3.C12H7ClF2N2O2.C6H9ClO.CH2Cl2.CH4/c19-13-8-15-14(25-18(20,21)26-15)7-12(13)11-5-6-16(22-9-11)23-17(24)10-3-1-2-4-10;13-8-4-10-9(18-12(14,15)19-10)3-7(8)6-1-2-11(16)17-5-6;7-6(8)5-3-1-2-4-5;2-1-3;/h5-10H,1-4H2,(H,22,23,24);1-5H,(H2,16,17);5H,1-4H2;1H2;1H4. The normalized spacial score (nSPS) is 16.8. The Hall–Kier alpha value is -3.95. The Morgan fingerprint density at radius 1 is 0.702 bits per heavy atom. The highest BCUT2D eigenvalue weighted by Gasteiger charge is 2.45. The number of nitrogens with two attached hydrogens (primary N) is 1. The maximum Gasteiger partial charge on any atom is 0.586 e. The third-order valence-corrected chi connectivity index (χ3v) is 9.74. The number of halogens is 9. The van der Waals surface area contributed by atoms with Crippen molar-refractivity contribution in [1.82, 2.24) is 9.97 Å². The van der Waals surface area contributed by atoms with E-state index in [9.17, 15) is 27.2 Å². The molecule has 57 heavy (non-hydrogen) atoms. The lowest BCUT2D eigenvalue weighted by atomic mass is 10.1. The summed E-state index contributed by atoms with van der Waals surface area (Å²) in [5.74, 6) is 0.638. The first-order chi connectivity index (χ1) is 26.6. The molecule has 1 amide bonds. The number of benzene rings is 2. The third kappa shape index (κ3) is 12.5. The number of amides is 1. The molecular formula is C38H37Cl5F4N4O6. The molecule has 0 unspecified atom stereocenters. The molecule has 2 aromatic heterocycles. The quantitative estimate of drug-likeness (QED) is 0.114. The van der Waals surface area contributed by atoms with Gasteiger partial charge in [-0.2, -0.15) is 0 Å². The Bertz CT molecular complexity index is 2000. The summed E-state index contributed by atoms with van der Waals surface area (Å²) < 4.78 is 69.7. The summed E-state index contributed by atoms with van der Waals surface area (Å²) in [6.45, 7) is 0. The second kappa shape index (κ2) is 20.1. The largest absolute Gasteiger partial charge is 0.586 e. The van der Waals surface area contributed by atoms with E-state index in [1.165, 1.54) is 49.5 Å². The van der Waals surface area contributed by atoms with Gasteiger partial charge in [0.05, 0.1) is 15.4 Å². The molecule has 0 bridgehead atoms. The van der Waals surface area contributed by atoms with Gasteiger partial charge in [0.25, 0.3) is 0 Å². The Labute approximate surface area is 351 Å². The number of hydrogen-bond acceptors (Lipinski definition) is 9. The van der Waals surface area contributed by atoms with Crippen LogP contribution < -0.4 is 30.0 Å². The van der Waals surface area contributed by atoms with Crippen molar-refractivity contribution >= 4 is 80.8 Å². The molecule has 4 aliphatic rings. The number of fused-ring (bicyclic) bond motifs is 2. The van der Waals surface area contributed by atoms with Crippen molar-refractivity contribution in [2.24, 2.45) is 11.8 Å². The summed E-state index contributed by atoms with van der Waals surface area (Å²) in [6, 6.07) is 12.0. The van der Waals surface area contributed by atoms with Crippen LogP contribution in [0.2, 0.25) is 10.0 Å². The van der Waals surface area contributed by atoms with Crippen molar-refractivity contribution in [2.75, 3.05) is 16.4 Å². The molecule has 19 heteroatoms. The number of rotatable bonds is 5. The molecule has 2 aromatic carbocycles. The molecular weight excluding hydrogens is 862 g/mol. The number of carbonyl (C=O) groups is 2. The van der Waals surface area contributed by atoms with Crippen LogP contribution in [-0.4, -0.2) is 39.0 Å². The van der Waals surface area contributed by atoms with E-state index >= 15 is 0 Å². The summed E-state index contributed by atoms with van der Waals surface area (Å²) >= 11 is 27.0. The molecule has 4 aromatic rings. The van der Waals surface area contributed by atoms with Crippen LogP contribution in [0.1, 0.15) is 58.8 Å². The van der Waals surface area contributed by atoms with Gasteiger partial charge in [-0.15, -0.1) is 40.8 Å². The molecule has 0 saturated heterocycles. The van der Waals surface area contributed by atoms with E-state index in [1.54, 1.807) is 24.3 Å². The first-order valence-electron chi connectivity index (χ1n) is 17.1. The Morgan fingerprint density at radius 3 is 1.47 bits per heavy atom. The smallest absolute Gasteiger partial charge is 0.395 e. The summed E-state index contributed by atoms with van der Waals surface area (Å²) in [5, 5.41) is 3.35. The van der Waals surface area contributed by atoms with Crippen LogP contribution >= 0.6 is 58.0 Å². The third-order valence-electron chi connectivity index (χ3n) is 8.81. The van der Waals surface area contributed by atoms with E-state index < -0.39 is 12.6 Å². The molecule has 308 valence electrons. The van der Waals surface area contributed by atoms with Crippen molar-refractivity contribution in [3.05, 3.63) is 71.0 Å². The van der Waals surface area contributed by atoms with Crippen LogP contribution in [0.4, 0.5) is 29.2 Å². The number of carbonyl (C=O) groups excluding carboxylic acids is 2. The van der Waals surface area contributed by atoms with Gasteiger partial charge in [0.1, 0.15) is 11.6 Å². The highest BCUT2D eigenvalue weighted by atomic mass is 35.5. The van der Waals surface area contributed by atoms with Crippen molar-refractivity contribution in [2.45, 2.75) is 71.4 Å². The lowest BCUT2D eigenvalue weighted by Crippen LogP contribution is -2.25. The number of aromatic nitrogens is 2. The van der Waals surface area contributed by atoms with Gasteiger partial charge in [-0.25, -0.2) is 9.97 Å². The fourth-order valence-corrected chi connectivity index (χ4v) is 6.89. The molecule has 2 fully saturated rings. The van der Waals surface area contributed by atoms with E-state index in [-0.39, 0.29) is 68.8 Å². The second-order valence-electron chi connectivity index (χ2n) is 12.7. The molecule has 2 aliphatic carbocycles. The number of ether oxygens (including phenoxy) is 4. The number of alkyl halides is 6. The molecule has 0 atom stereocenters. The molecule has 3 N–H and O–H groups in total. The number of nitrogens with one attached hydrogen (secondary N) is 1. The fourth-order valence-electron chi connectivity index (χ4n) is 6.15. The minimum absolute atomic E-state index is 0. The Kier molecular flexibility index (Phi) is 16.2.